The highest BCUT2D eigenvalue weighted by Crippen LogP contribution is 1.95. The zero-order valence-electron chi connectivity index (χ0n) is 10.4. The van der Waals surface area contributed by atoms with Gasteiger partial charge in [-0.1, -0.05) is 19.8 Å². The summed E-state index contributed by atoms with van der Waals surface area (Å²) in [5, 5.41) is 0. The van der Waals surface area contributed by atoms with Crippen LogP contribution in [-0.4, -0.2) is 15.7 Å². The molecule has 0 unspecified atom stereocenters. The molecule has 1 heterocycles. The van der Waals surface area contributed by atoms with Crippen molar-refractivity contribution in [2.24, 2.45) is 5.73 Å². The molecular formula is C12H21N3O2. The molecule has 1 aromatic rings. The molecule has 0 aromatic carbocycles. The van der Waals surface area contributed by atoms with Gasteiger partial charge in [0.05, 0.1) is 0 Å². The van der Waals surface area contributed by atoms with Crippen molar-refractivity contribution in [3.05, 3.63) is 33.1 Å². The predicted octanol–water partition coefficient (Wildman–Crippen LogP) is 0.549. The van der Waals surface area contributed by atoms with Crippen LogP contribution in [-0.2, 0) is 13.1 Å². The number of aromatic nitrogens is 2. The molecule has 0 saturated heterocycles. The van der Waals surface area contributed by atoms with Crippen molar-refractivity contribution >= 4 is 0 Å². The van der Waals surface area contributed by atoms with E-state index in [1.165, 1.54) is 10.6 Å². The number of nitrogens with zero attached hydrogens (tertiary/aromatic N) is 2. The zero-order chi connectivity index (χ0) is 12.7. The molecule has 0 aliphatic rings. The van der Waals surface area contributed by atoms with E-state index in [1.807, 2.05) is 0 Å². The molecule has 0 saturated carbocycles. The Morgan fingerprint density at radius 2 is 1.94 bits per heavy atom. The maximum absolute atomic E-state index is 12.0. The number of aryl methyl sites for hydroxylation is 1. The normalized spacial score (nSPS) is 10.7. The van der Waals surface area contributed by atoms with E-state index in [2.05, 4.69) is 6.92 Å². The Hall–Kier alpha value is -1.36. The fraction of sp³-hybridized carbons (Fsp3) is 0.667. The van der Waals surface area contributed by atoms with Gasteiger partial charge in [0.1, 0.15) is 0 Å². The molecule has 1 rings (SSSR count). The van der Waals surface area contributed by atoms with E-state index in [0.29, 0.717) is 26.1 Å². The molecule has 0 amide bonds. The molecule has 0 aliphatic carbocycles. The number of hydrogen-bond donors (Lipinski definition) is 1. The van der Waals surface area contributed by atoms with Gasteiger partial charge in [-0.15, -0.1) is 0 Å². The minimum atomic E-state index is -0.241. The Bertz CT molecular complexity index is 448. The van der Waals surface area contributed by atoms with E-state index in [9.17, 15) is 9.59 Å². The lowest BCUT2D eigenvalue weighted by Gasteiger charge is -2.08. The van der Waals surface area contributed by atoms with Crippen LogP contribution in [0.2, 0.25) is 0 Å². The summed E-state index contributed by atoms with van der Waals surface area (Å²) in [4.78, 5) is 23.5. The van der Waals surface area contributed by atoms with Crippen molar-refractivity contribution in [2.75, 3.05) is 6.54 Å². The van der Waals surface area contributed by atoms with E-state index in [1.54, 1.807) is 10.8 Å². The van der Waals surface area contributed by atoms with Crippen LogP contribution < -0.4 is 17.0 Å². The third-order valence-corrected chi connectivity index (χ3v) is 2.73. The Morgan fingerprint density at radius 3 is 2.59 bits per heavy atom. The lowest BCUT2D eigenvalue weighted by Crippen LogP contribution is -2.39. The lowest BCUT2D eigenvalue weighted by molar-refractivity contribution is 0.515. The first-order chi connectivity index (χ1) is 8.20. The lowest BCUT2D eigenvalue weighted by atomic mass is 10.2. The molecule has 0 atom stereocenters. The Labute approximate surface area is 101 Å². The van der Waals surface area contributed by atoms with Crippen molar-refractivity contribution in [1.82, 2.24) is 9.13 Å². The van der Waals surface area contributed by atoms with Gasteiger partial charge in [0.2, 0.25) is 0 Å². The van der Waals surface area contributed by atoms with Crippen LogP contribution in [0.15, 0.2) is 21.9 Å². The van der Waals surface area contributed by atoms with Crippen LogP contribution in [0.1, 0.15) is 32.6 Å². The van der Waals surface area contributed by atoms with Gasteiger partial charge in [-0.3, -0.25) is 9.36 Å². The van der Waals surface area contributed by atoms with Crippen LogP contribution >= 0.6 is 0 Å². The minimum Gasteiger partial charge on any atom is -0.330 e. The standard InChI is InChI=1S/C12H21N3O2/c1-2-3-4-8-14-10-6-11(16)15(12(14)17)9-5-7-13/h6,10H,2-5,7-9,13H2,1H3. The highest BCUT2D eigenvalue weighted by molar-refractivity contribution is 4.86. The number of hydrogen-bond acceptors (Lipinski definition) is 3. The van der Waals surface area contributed by atoms with E-state index in [-0.39, 0.29) is 11.2 Å². The van der Waals surface area contributed by atoms with Gasteiger partial charge in [-0.25, -0.2) is 4.79 Å². The molecule has 0 bridgehead atoms. The zero-order valence-corrected chi connectivity index (χ0v) is 10.4. The van der Waals surface area contributed by atoms with Crippen LogP contribution in [0.4, 0.5) is 0 Å². The molecule has 0 fully saturated rings. The summed E-state index contributed by atoms with van der Waals surface area (Å²) in [6.07, 6.45) is 5.40. The third kappa shape index (κ3) is 3.85. The summed E-state index contributed by atoms with van der Waals surface area (Å²) >= 11 is 0. The average molecular weight is 239 g/mol. The van der Waals surface area contributed by atoms with Gasteiger partial charge in [-0.05, 0) is 19.4 Å². The van der Waals surface area contributed by atoms with Crippen molar-refractivity contribution in [1.29, 1.82) is 0 Å². The van der Waals surface area contributed by atoms with Gasteiger partial charge in [0, 0.05) is 25.4 Å². The largest absolute Gasteiger partial charge is 0.330 e. The minimum absolute atomic E-state index is 0.220. The summed E-state index contributed by atoms with van der Waals surface area (Å²) < 4.78 is 2.87. The van der Waals surface area contributed by atoms with E-state index in [0.717, 1.165) is 19.3 Å². The van der Waals surface area contributed by atoms with Crippen LogP contribution in [0.3, 0.4) is 0 Å². The summed E-state index contributed by atoms with van der Waals surface area (Å²) in [6, 6.07) is 1.45. The number of rotatable bonds is 7. The van der Waals surface area contributed by atoms with Crippen LogP contribution in [0.5, 0.6) is 0 Å². The van der Waals surface area contributed by atoms with Crippen molar-refractivity contribution in [3.63, 3.8) is 0 Å². The summed E-state index contributed by atoms with van der Waals surface area (Å²) in [5.41, 5.74) is 4.93. The second-order valence-electron chi connectivity index (χ2n) is 4.13. The molecule has 17 heavy (non-hydrogen) atoms. The molecule has 5 heteroatoms. The van der Waals surface area contributed by atoms with Gasteiger partial charge in [0.25, 0.3) is 5.56 Å². The van der Waals surface area contributed by atoms with Gasteiger partial charge < -0.3 is 10.3 Å². The predicted molar refractivity (Wildman–Crippen MR) is 68.2 cm³/mol. The molecule has 96 valence electrons. The second kappa shape index (κ2) is 7.06. The SMILES string of the molecule is CCCCCn1ccc(=O)n(CCCN)c1=O. The topological polar surface area (TPSA) is 70.0 Å². The maximum atomic E-state index is 12.0. The molecule has 2 N–H and O–H groups in total. The highest BCUT2D eigenvalue weighted by atomic mass is 16.2. The van der Waals surface area contributed by atoms with Crippen molar-refractivity contribution in [2.45, 2.75) is 45.7 Å². The molecule has 5 nitrogen and oxygen atoms in total. The van der Waals surface area contributed by atoms with Crippen LogP contribution in [0.25, 0.3) is 0 Å². The molecule has 0 spiro atoms. The molecule has 1 aromatic heterocycles. The Balaban J connectivity index is 2.86. The Kier molecular flexibility index (Phi) is 5.69. The Morgan fingerprint density at radius 1 is 1.18 bits per heavy atom. The second-order valence-corrected chi connectivity index (χ2v) is 4.13. The highest BCUT2D eigenvalue weighted by Gasteiger charge is 2.04. The van der Waals surface area contributed by atoms with Crippen molar-refractivity contribution < 1.29 is 0 Å². The molecular weight excluding hydrogens is 218 g/mol. The first kappa shape index (κ1) is 13.7. The van der Waals surface area contributed by atoms with Gasteiger partial charge in [-0.2, -0.15) is 0 Å². The smallest absolute Gasteiger partial charge is 0.330 e. The van der Waals surface area contributed by atoms with E-state index < -0.39 is 0 Å². The first-order valence-electron chi connectivity index (χ1n) is 6.21. The maximum Gasteiger partial charge on any atom is 0.330 e. The van der Waals surface area contributed by atoms with Crippen LogP contribution in [0, 0.1) is 0 Å². The summed E-state index contributed by atoms with van der Waals surface area (Å²) in [7, 11) is 0. The first-order valence-corrected chi connectivity index (χ1v) is 6.21. The number of nitrogens with two attached hydrogens (primary N) is 1. The average Bonchev–Trinajstić information content (AvgIpc) is 2.32. The fourth-order valence-electron chi connectivity index (χ4n) is 1.71. The van der Waals surface area contributed by atoms with E-state index >= 15 is 0 Å². The number of unbranched alkanes of at least 4 members (excludes halogenated alkanes) is 2. The van der Waals surface area contributed by atoms with Gasteiger partial charge >= 0.3 is 5.69 Å². The molecule has 0 radical (unpaired) electrons. The van der Waals surface area contributed by atoms with E-state index in [4.69, 9.17) is 5.73 Å². The summed E-state index contributed by atoms with van der Waals surface area (Å²) in [6.45, 7) is 3.68. The van der Waals surface area contributed by atoms with Crippen molar-refractivity contribution in [3.8, 4) is 0 Å². The third-order valence-electron chi connectivity index (χ3n) is 2.73. The molecule has 0 aliphatic heterocycles. The monoisotopic (exact) mass is 239 g/mol. The quantitative estimate of drug-likeness (QED) is 0.706. The fourth-order valence-corrected chi connectivity index (χ4v) is 1.71. The summed E-state index contributed by atoms with van der Waals surface area (Å²) in [5.74, 6) is 0. The van der Waals surface area contributed by atoms with Gasteiger partial charge in [0.15, 0.2) is 0 Å².